The molecule has 0 atom stereocenters. The number of benzene rings is 3. The Balaban J connectivity index is 2.26. The fraction of sp³-hybridized carbons (Fsp3) is 0.296. The van der Waals surface area contributed by atoms with Crippen LogP contribution in [0.5, 0.6) is 5.75 Å². The monoisotopic (exact) mass is 386 g/mol. The van der Waals surface area contributed by atoms with Gasteiger partial charge in [-0.05, 0) is 99.2 Å². The quantitative estimate of drug-likeness (QED) is 0.464. The molecule has 0 saturated heterocycles. The molecule has 0 aliphatic heterocycles. The highest BCUT2D eigenvalue weighted by Gasteiger charge is 2.29. The van der Waals surface area contributed by atoms with Crippen molar-refractivity contribution >= 4 is 5.78 Å². The zero-order valence-corrected chi connectivity index (χ0v) is 18.5. The molecule has 0 saturated carbocycles. The number of hydrogen-bond donors (Lipinski definition) is 0. The van der Waals surface area contributed by atoms with Gasteiger partial charge in [-0.1, -0.05) is 35.4 Å². The summed E-state index contributed by atoms with van der Waals surface area (Å²) in [5.74, 6) is 0.547. The van der Waals surface area contributed by atoms with E-state index in [4.69, 9.17) is 4.74 Å². The molecular formula is C27H30O2. The lowest BCUT2D eigenvalue weighted by Gasteiger charge is -2.25. The number of carbonyl (C=O) groups excluding carboxylic acids is 1. The van der Waals surface area contributed by atoms with Crippen molar-refractivity contribution < 1.29 is 9.53 Å². The summed E-state index contributed by atoms with van der Waals surface area (Å²) in [5.41, 5.74) is 10.0. The van der Waals surface area contributed by atoms with Crippen LogP contribution in [-0.4, -0.2) is 12.9 Å². The Bertz CT molecular complexity index is 955. The van der Waals surface area contributed by atoms with E-state index in [0.29, 0.717) is 5.56 Å². The van der Waals surface area contributed by atoms with Crippen molar-refractivity contribution in [1.29, 1.82) is 0 Å². The van der Waals surface area contributed by atoms with Crippen LogP contribution in [0.2, 0.25) is 0 Å². The van der Waals surface area contributed by atoms with Crippen molar-refractivity contribution in [3.63, 3.8) is 0 Å². The zero-order valence-electron chi connectivity index (χ0n) is 18.5. The first kappa shape index (κ1) is 20.9. The third kappa shape index (κ3) is 4.12. The topological polar surface area (TPSA) is 26.3 Å². The van der Waals surface area contributed by atoms with Crippen molar-refractivity contribution in [2.75, 3.05) is 7.11 Å². The Morgan fingerprint density at radius 2 is 1.07 bits per heavy atom. The largest absolute Gasteiger partial charge is 0.497 e. The zero-order chi connectivity index (χ0) is 21.3. The summed E-state index contributed by atoms with van der Waals surface area (Å²) in [6.45, 7) is 12.7. The third-order valence-electron chi connectivity index (χ3n) is 5.69. The van der Waals surface area contributed by atoms with Crippen molar-refractivity contribution in [2.45, 2.75) is 47.5 Å². The summed E-state index contributed by atoms with van der Waals surface area (Å²) in [4.78, 5) is 13.9. The van der Waals surface area contributed by atoms with E-state index in [-0.39, 0.29) is 11.7 Å². The Hall–Kier alpha value is -2.87. The molecule has 0 heterocycles. The Labute approximate surface area is 174 Å². The first-order valence-electron chi connectivity index (χ1n) is 10.1. The SMILES string of the molecule is COc1ccc(C(=O)C(c2c(C)cc(C)cc2C)c2c(C)cc(C)cc2C)cc1. The van der Waals surface area contributed by atoms with Gasteiger partial charge in [0.1, 0.15) is 5.75 Å². The third-order valence-corrected chi connectivity index (χ3v) is 5.69. The van der Waals surface area contributed by atoms with Crippen LogP contribution in [0.4, 0.5) is 0 Å². The second-order valence-electron chi connectivity index (χ2n) is 8.15. The second kappa shape index (κ2) is 8.24. The van der Waals surface area contributed by atoms with E-state index in [1.807, 2.05) is 24.3 Å². The second-order valence-corrected chi connectivity index (χ2v) is 8.15. The Morgan fingerprint density at radius 1 is 0.690 bits per heavy atom. The Morgan fingerprint density at radius 3 is 1.41 bits per heavy atom. The van der Waals surface area contributed by atoms with Crippen molar-refractivity contribution in [2.24, 2.45) is 0 Å². The summed E-state index contributed by atoms with van der Waals surface area (Å²) in [6, 6.07) is 16.1. The smallest absolute Gasteiger partial charge is 0.174 e. The molecule has 2 nitrogen and oxygen atoms in total. The van der Waals surface area contributed by atoms with E-state index in [1.165, 1.54) is 11.1 Å². The summed E-state index contributed by atoms with van der Waals surface area (Å²) in [7, 11) is 1.64. The van der Waals surface area contributed by atoms with E-state index in [1.54, 1.807) is 7.11 Å². The number of hydrogen-bond acceptors (Lipinski definition) is 2. The molecule has 3 aromatic rings. The van der Waals surface area contributed by atoms with E-state index in [9.17, 15) is 4.79 Å². The lowest BCUT2D eigenvalue weighted by Crippen LogP contribution is -2.19. The minimum Gasteiger partial charge on any atom is -0.497 e. The van der Waals surface area contributed by atoms with Crippen molar-refractivity contribution in [3.8, 4) is 5.75 Å². The van der Waals surface area contributed by atoms with Gasteiger partial charge in [0, 0.05) is 5.56 Å². The molecule has 0 aliphatic rings. The van der Waals surface area contributed by atoms with Gasteiger partial charge in [-0.2, -0.15) is 0 Å². The number of rotatable bonds is 5. The molecule has 150 valence electrons. The number of ketones is 1. The van der Waals surface area contributed by atoms with Crippen LogP contribution >= 0.6 is 0 Å². The molecule has 2 heteroatoms. The van der Waals surface area contributed by atoms with Crippen molar-refractivity contribution in [3.05, 3.63) is 98.6 Å². The highest BCUT2D eigenvalue weighted by molar-refractivity contribution is 6.04. The summed E-state index contributed by atoms with van der Waals surface area (Å²) >= 11 is 0. The van der Waals surface area contributed by atoms with Crippen LogP contribution in [0.3, 0.4) is 0 Å². The maximum atomic E-state index is 13.9. The summed E-state index contributed by atoms with van der Waals surface area (Å²) in [6.07, 6.45) is 0. The maximum absolute atomic E-state index is 13.9. The van der Waals surface area contributed by atoms with Crippen LogP contribution in [0, 0.1) is 41.5 Å². The molecule has 29 heavy (non-hydrogen) atoms. The molecule has 3 rings (SSSR count). The summed E-state index contributed by atoms with van der Waals surface area (Å²) < 4.78 is 5.27. The van der Waals surface area contributed by atoms with E-state index in [0.717, 1.165) is 39.1 Å². The molecule has 0 radical (unpaired) electrons. The standard InChI is InChI=1S/C27H30O2/c1-16-12-18(3)24(19(4)13-16)26(25-20(5)14-17(2)15-21(25)6)27(28)22-8-10-23(29-7)11-9-22/h8-15,26H,1-7H3. The number of Topliss-reactive ketones (excluding diaryl/α,β-unsaturated/α-hetero) is 1. The molecule has 3 aromatic carbocycles. The minimum atomic E-state index is -0.329. The average Bonchev–Trinajstić information content (AvgIpc) is 2.64. The number of aryl methyl sites for hydroxylation is 6. The van der Waals surface area contributed by atoms with E-state index < -0.39 is 0 Å². The first-order chi connectivity index (χ1) is 13.7. The first-order valence-corrected chi connectivity index (χ1v) is 10.1. The molecule has 0 aliphatic carbocycles. The van der Waals surface area contributed by atoms with Crippen molar-refractivity contribution in [1.82, 2.24) is 0 Å². The number of ether oxygens (including phenoxy) is 1. The van der Waals surface area contributed by atoms with Crippen LogP contribution in [0.25, 0.3) is 0 Å². The van der Waals surface area contributed by atoms with Gasteiger partial charge < -0.3 is 4.74 Å². The van der Waals surface area contributed by atoms with Gasteiger partial charge in [0.25, 0.3) is 0 Å². The van der Waals surface area contributed by atoms with E-state index >= 15 is 0 Å². The van der Waals surface area contributed by atoms with Crippen LogP contribution in [-0.2, 0) is 0 Å². The van der Waals surface area contributed by atoms with Gasteiger partial charge in [-0.3, -0.25) is 4.79 Å². The lowest BCUT2D eigenvalue weighted by molar-refractivity contribution is 0.0972. The summed E-state index contributed by atoms with van der Waals surface area (Å²) in [5, 5.41) is 0. The normalized spacial score (nSPS) is 11.0. The molecule has 0 bridgehead atoms. The minimum absolute atomic E-state index is 0.123. The molecular weight excluding hydrogens is 356 g/mol. The molecule has 0 fully saturated rings. The van der Waals surface area contributed by atoms with Crippen LogP contribution in [0.15, 0.2) is 48.5 Å². The molecule has 0 amide bonds. The Kier molecular flexibility index (Phi) is 5.93. The number of methoxy groups -OCH3 is 1. The predicted octanol–water partition coefficient (Wildman–Crippen LogP) is 6.56. The fourth-order valence-electron chi connectivity index (χ4n) is 4.62. The maximum Gasteiger partial charge on any atom is 0.174 e. The van der Waals surface area contributed by atoms with Crippen LogP contribution in [0.1, 0.15) is 60.8 Å². The van der Waals surface area contributed by atoms with Crippen LogP contribution < -0.4 is 4.74 Å². The number of carbonyl (C=O) groups is 1. The van der Waals surface area contributed by atoms with Gasteiger partial charge in [0.2, 0.25) is 0 Å². The highest BCUT2D eigenvalue weighted by Crippen LogP contribution is 2.37. The van der Waals surface area contributed by atoms with Gasteiger partial charge in [0.05, 0.1) is 13.0 Å². The molecule has 0 unspecified atom stereocenters. The van der Waals surface area contributed by atoms with Gasteiger partial charge >= 0.3 is 0 Å². The molecule has 0 N–H and O–H groups in total. The van der Waals surface area contributed by atoms with Gasteiger partial charge in [-0.15, -0.1) is 0 Å². The average molecular weight is 387 g/mol. The van der Waals surface area contributed by atoms with Gasteiger partial charge in [0.15, 0.2) is 5.78 Å². The van der Waals surface area contributed by atoms with Gasteiger partial charge in [-0.25, -0.2) is 0 Å². The fourth-order valence-corrected chi connectivity index (χ4v) is 4.62. The molecule has 0 aromatic heterocycles. The van der Waals surface area contributed by atoms with E-state index in [2.05, 4.69) is 65.8 Å². The highest BCUT2D eigenvalue weighted by atomic mass is 16.5. The predicted molar refractivity (Wildman–Crippen MR) is 120 cm³/mol. The lowest BCUT2D eigenvalue weighted by atomic mass is 9.77. The molecule has 0 spiro atoms.